The number of nitrogens with zero attached hydrogens (tertiary/aromatic N) is 2. The zero-order valence-electron chi connectivity index (χ0n) is 7.86. The van der Waals surface area contributed by atoms with Crippen molar-refractivity contribution < 1.29 is 9.32 Å². The normalized spacial score (nSPS) is 17.9. The van der Waals surface area contributed by atoms with E-state index in [2.05, 4.69) is 15.5 Å². The molecular weight excluding hydrogens is 184 g/mol. The van der Waals surface area contributed by atoms with Crippen LogP contribution in [0.25, 0.3) is 0 Å². The number of carbonyl (C=O) groups excluding carboxylic acids is 1. The Hall–Kier alpha value is -1.43. The molecule has 0 spiro atoms. The molecule has 2 rings (SSSR count). The van der Waals surface area contributed by atoms with E-state index in [-0.39, 0.29) is 23.7 Å². The van der Waals surface area contributed by atoms with E-state index in [0.717, 1.165) is 12.8 Å². The van der Waals surface area contributed by atoms with Crippen molar-refractivity contribution in [2.24, 2.45) is 5.73 Å². The first-order valence-electron chi connectivity index (χ1n) is 4.57. The molecule has 1 aliphatic carbocycles. The average Bonchev–Trinajstić information content (AvgIpc) is 2.81. The molecule has 1 saturated carbocycles. The predicted octanol–water partition coefficient (Wildman–Crippen LogP) is -0.0185. The molecule has 1 heterocycles. The van der Waals surface area contributed by atoms with E-state index in [4.69, 9.17) is 10.3 Å². The molecule has 0 bridgehead atoms. The Labute approximate surface area is 80.9 Å². The van der Waals surface area contributed by atoms with Crippen molar-refractivity contribution in [3.8, 4) is 0 Å². The topological polar surface area (TPSA) is 94.0 Å². The number of hydrogen-bond donors (Lipinski definition) is 2. The second-order valence-corrected chi connectivity index (χ2v) is 3.49. The summed E-state index contributed by atoms with van der Waals surface area (Å²) in [6.07, 6.45) is 2.06. The van der Waals surface area contributed by atoms with Crippen LogP contribution in [0.1, 0.15) is 42.3 Å². The highest BCUT2D eigenvalue weighted by atomic mass is 16.5. The van der Waals surface area contributed by atoms with Gasteiger partial charge in [-0.1, -0.05) is 5.16 Å². The van der Waals surface area contributed by atoms with Crippen LogP contribution in [0.15, 0.2) is 4.52 Å². The standard InChI is InChI=1S/C8H12N4O2/c1-4(9)8-11-6(12-14-8)7(13)10-5-2-3-5/h4-5H,2-3,9H2,1H3,(H,10,13). The third-order valence-electron chi connectivity index (χ3n) is 1.95. The van der Waals surface area contributed by atoms with E-state index in [9.17, 15) is 4.79 Å². The lowest BCUT2D eigenvalue weighted by atomic mass is 10.4. The van der Waals surface area contributed by atoms with Crippen molar-refractivity contribution in [1.82, 2.24) is 15.5 Å². The van der Waals surface area contributed by atoms with Gasteiger partial charge in [-0.2, -0.15) is 4.98 Å². The zero-order chi connectivity index (χ0) is 10.1. The number of nitrogens with two attached hydrogens (primary N) is 1. The molecule has 1 aromatic heterocycles. The highest BCUT2D eigenvalue weighted by Crippen LogP contribution is 2.19. The summed E-state index contributed by atoms with van der Waals surface area (Å²) < 4.78 is 4.80. The Bertz CT molecular complexity index is 343. The summed E-state index contributed by atoms with van der Waals surface area (Å²) in [6.45, 7) is 1.72. The van der Waals surface area contributed by atoms with Gasteiger partial charge in [-0.05, 0) is 19.8 Å². The smallest absolute Gasteiger partial charge is 0.292 e. The van der Waals surface area contributed by atoms with Gasteiger partial charge in [-0.3, -0.25) is 4.79 Å². The van der Waals surface area contributed by atoms with E-state index in [1.165, 1.54) is 0 Å². The van der Waals surface area contributed by atoms with Gasteiger partial charge < -0.3 is 15.6 Å². The lowest BCUT2D eigenvalue weighted by molar-refractivity contribution is 0.0937. The molecule has 3 N–H and O–H groups in total. The SMILES string of the molecule is CC(N)c1nc(C(=O)NC2CC2)no1. The largest absolute Gasteiger partial charge is 0.346 e. The minimum atomic E-state index is -0.343. The molecule has 6 nitrogen and oxygen atoms in total. The van der Waals surface area contributed by atoms with Crippen molar-refractivity contribution in [3.63, 3.8) is 0 Å². The number of amides is 1. The minimum absolute atomic E-state index is 0.0594. The molecule has 1 aromatic rings. The van der Waals surface area contributed by atoms with Crippen LogP contribution in [-0.4, -0.2) is 22.1 Å². The maximum absolute atomic E-state index is 11.4. The van der Waals surface area contributed by atoms with Crippen molar-refractivity contribution in [2.45, 2.75) is 31.8 Å². The predicted molar refractivity (Wildman–Crippen MR) is 47.4 cm³/mol. The lowest BCUT2D eigenvalue weighted by Gasteiger charge is -1.96. The van der Waals surface area contributed by atoms with Crippen LogP contribution >= 0.6 is 0 Å². The van der Waals surface area contributed by atoms with Gasteiger partial charge in [0.2, 0.25) is 5.89 Å². The quantitative estimate of drug-likeness (QED) is 0.708. The first-order chi connectivity index (χ1) is 6.66. The Morgan fingerprint density at radius 3 is 2.93 bits per heavy atom. The third kappa shape index (κ3) is 1.90. The number of carbonyl (C=O) groups is 1. The van der Waals surface area contributed by atoms with E-state index < -0.39 is 0 Å². The molecule has 14 heavy (non-hydrogen) atoms. The van der Waals surface area contributed by atoms with Crippen molar-refractivity contribution in [1.29, 1.82) is 0 Å². The van der Waals surface area contributed by atoms with Gasteiger partial charge in [0, 0.05) is 6.04 Å². The monoisotopic (exact) mass is 196 g/mol. The molecule has 1 atom stereocenters. The first-order valence-corrected chi connectivity index (χ1v) is 4.57. The first kappa shape index (κ1) is 9.14. The van der Waals surface area contributed by atoms with Gasteiger partial charge in [0.15, 0.2) is 0 Å². The van der Waals surface area contributed by atoms with E-state index in [0.29, 0.717) is 6.04 Å². The second kappa shape index (κ2) is 3.38. The Morgan fingerprint density at radius 1 is 1.71 bits per heavy atom. The van der Waals surface area contributed by atoms with Crippen molar-refractivity contribution in [2.75, 3.05) is 0 Å². The maximum Gasteiger partial charge on any atom is 0.292 e. The van der Waals surface area contributed by atoms with Crippen LogP contribution in [0.3, 0.4) is 0 Å². The third-order valence-corrected chi connectivity index (χ3v) is 1.95. The van der Waals surface area contributed by atoms with Gasteiger partial charge >= 0.3 is 0 Å². The number of rotatable bonds is 3. The minimum Gasteiger partial charge on any atom is -0.346 e. The van der Waals surface area contributed by atoms with E-state index in [1.807, 2.05) is 0 Å². The lowest BCUT2D eigenvalue weighted by Crippen LogP contribution is -2.26. The van der Waals surface area contributed by atoms with E-state index >= 15 is 0 Å². The number of aromatic nitrogens is 2. The highest BCUT2D eigenvalue weighted by Gasteiger charge is 2.26. The Morgan fingerprint density at radius 2 is 2.43 bits per heavy atom. The average molecular weight is 196 g/mol. The fourth-order valence-corrected chi connectivity index (χ4v) is 0.990. The molecule has 1 aliphatic rings. The van der Waals surface area contributed by atoms with Gasteiger partial charge in [0.1, 0.15) is 0 Å². The van der Waals surface area contributed by atoms with Gasteiger partial charge in [0.25, 0.3) is 11.7 Å². The molecule has 76 valence electrons. The molecule has 1 unspecified atom stereocenters. The summed E-state index contributed by atoms with van der Waals surface area (Å²) in [5.74, 6) is 0.0540. The maximum atomic E-state index is 11.4. The summed E-state index contributed by atoms with van der Waals surface area (Å²) in [5, 5.41) is 6.30. The summed E-state index contributed by atoms with van der Waals surface area (Å²) in [5.41, 5.74) is 5.51. The Kier molecular flexibility index (Phi) is 2.20. The molecule has 0 radical (unpaired) electrons. The van der Waals surface area contributed by atoms with Crippen LogP contribution in [0.2, 0.25) is 0 Å². The molecule has 0 saturated heterocycles. The van der Waals surface area contributed by atoms with Crippen LogP contribution in [0.4, 0.5) is 0 Å². The van der Waals surface area contributed by atoms with Crippen molar-refractivity contribution >= 4 is 5.91 Å². The van der Waals surface area contributed by atoms with Crippen LogP contribution in [-0.2, 0) is 0 Å². The molecule has 1 amide bonds. The van der Waals surface area contributed by atoms with Crippen LogP contribution in [0, 0.1) is 0 Å². The molecule has 1 fully saturated rings. The number of nitrogens with one attached hydrogen (secondary N) is 1. The second-order valence-electron chi connectivity index (χ2n) is 3.49. The number of hydrogen-bond acceptors (Lipinski definition) is 5. The fourth-order valence-electron chi connectivity index (χ4n) is 0.990. The van der Waals surface area contributed by atoms with Crippen molar-refractivity contribution in [3.05, 3.63) is 11.7 Å². The summed E-state index contributed by atoms with van der Waals surface area (Å²) in [4.78, 5) is 15.3. The molecule has 0 aromatic carbocycles. The zero-order valence-corrected chi connectivity index (χ0v) is 7.86. The molecular formula is C8H12N4O2. The fraction of sp³-hybridized carbons (Fsp3) is 0.625. The van der Waals surface area contributed by atoms with Crippen LogP contribution < -0.4 is 11.1 Å². The van der Waals surface area contributed by atoms with Gasteiger partial charge in [-0.15, -0.1) is 0 Å². The van der Waals surface area contributed by atoms with Crippen LogP contribution in [0.5, 0.6) is 0 Å². The van der Waals surface area contributed by atoms with Gasteiger partial charge in [0.05, 0.1) is 6.04 Å². The summed E-state index contributed by atoms with van der Waals surface area (Å²) in [6, 6.07) is -0.0512. The Balaban J connectivity index is 2.03. The van der Waals surface area contributed by atoms with Gasteiger partial charge in [-0.25, -0.2) is 0 Å². The van der Waals surface area contributed by atoms with E-state index in [1.54, 1.807) is 6.92 Å². The molecule has 6 heteroatoms. The summed E-state index contributed by atoms with van der Waals surface area (Å²) in [7, 11) is 0. The summed E-state index contributed by atoms with van der Waals surface area (Å²) >= 11 is 0. The molecule has 0 aliphatic heterocycles. The highest BCUT2D eigenvalue weighted by molar-refractivity contribution is 5.90.